The van der Waals surface area contributed by atoms with Crippen molar-refractivity contribution in [2.75, 3.05) is 18.1 Å². The van der Waals surface area contributed by atoms with E-state index in [9.17, 15) is 28.1 Å². The fraction of sp³-hybridized carbons (Fsp3) is 0.529. The van der Waals surface area contributed by atoms with Crippen LogP contribution in [0.25, 0.3) is 0 Å². The molecule has 27 heavy (non-hydrogen) atoms. The third-order valence-electron chi connectivity index (χ3n) is 4.88. The summed E-state index contributed by atoms with van der Waals surface area (Å²) in [5.41, 5.74) is -0.00848. The minimum absolute atomic E-state index is 0.00551. The predicted octanol–water partition coefficient (Wildman–Crippen LogP) is 1.24. The van der Waals surface area contributed by atoms with Gasteiger partial charge in [-0.2, -0.15) is 0 Å². The summed E-state index contributed by atoms with van der Waals surface area (Å²) in [6, 6.07) is 3.68. The van der Waals surface area contributed by atoms with Gasteiger partial charge < -0.3 is 9.64 Å². The van der Waals surface area contributed by atoms with Crippen LogP contribution in [0.4, 0.5) is 5.69 Å². The number of sulfone groups is 1. The van der Waals surface area contributed by atoms with E-state index in [1.807, 2.05) is 0 Å². The van der Waals surface area contributed by atoms with Gasteiger partial charge in [0.05, 0.1) is 22.0 Å². The highest BCUT2D eigenvalue weighted by Gasteiger charge is 2.42. The van der Waals surface area contributed by atoms with Crippen LogP contribution in [0.5, 0.6) is 0 Å². The Morgan fingerprint density at radius 3 is 2.52 bits per heavy atom. The highest BCUT2D eigenvalue weighted by molar-refractivity contribution is 7.91. The average molecular weight is 396 g/mol. The van der Waals surface area contributed by atoms with E-state index in [4.69, 9.17) is 4.74 Å². The Morgan fingerprint density at radius 2 is 1.96 bits per heavy atom. The number of nitro benzene ring substituents is 1. The molecule has 1 saturated carbocycles. The number of hydrogen-bond acceptors (Lipinski definition) is 7. The smallest absolute Gasteiger partial charge is 0.339 e. The summed E-state index contributed by atoms with van der Waals surface area (Å²) >= 11 is 0. The maximum atomic E-state index is 12.6. The van der Waals surface area contributed by atoms with E-state index in [1.54, 1.807) is 0 Å². The van der Waals surface area contributed by atoms with Crippen LogP contribution in [0.15, 0.2) is 18.2 Å². The van der Waals surface area contributed by atoms with Crippen LogP contribution in [0.3, 0.4) is 0 Å². The monoisotopic (exact) mass is 396 g/mol. The Hall–Kier alpha value is -2.49. The van der Waals surface area contributed by atoms with Crippen molar-refractivity contribution in [1.82, 2.24) is 4.90 Å². The molecule has 0 unspecified atom stereocenters. The van der Waals surface area contributed by atoms with Crippen molar-refractivity contribution < 1.29 is 27.7 Å². The summed E-state index contributed by atoms with van der Waals surface area (Å²) in [6.45, 7) is 0.921. The lowest BCUT2D eigenvalue weighted by molar-refractivity contribution is -0.385. The summed E-state index contributed by atoms with van der Waals surface area (Å²) in [6.07, 6.45) is 2.00. The number of nitrogens with zero attached hydrogens (tertiary/aromatic N) is 2. The van der Waals surface area contributed by atoms with Crippen LogP contribution in [-0.4, -0.2) is 60.3 Å². The topological polar surface area (TPSA) is 124 Å². The lowest BCUT2D eigenvalue weighted by atomic mass is 10.1. The van der Waals surface area contributed by atoms with Crippen molar-refractivity contribution in [3.63, 3.8) is 0 Å². The molecule has 1 heterocycles. The second-order valence-corrected chi connectivity index (χ2v) is 9.10. The molecule has 0 N–H and O–H groups in total. The normalized spacial score (nSPS) is 20.9. The molecule has 9 nitrogen and oxygen atoms in total. The van der Waals surface area contributed by atoms with E-state index in [1.165, 1.54) is 30.0 Å². The number of ether oxygens (including phenoxy) is 1. The number of carbonyl (C=O) groups is 2. The Balaban J connectivity index is 1.67. The summed E-state index contributed by atoms with van der Waals surface area (Å²) < 4.78 is 28.5. The van der Waals surface area contributed by atoms with Gasteiger partial charge in [0.1, 0.15) is 0 Å². The molecule has 0 bridgehead atoms. The highest BCUT2D eigenvalue weighted by Crippen LogP contribution is 2.32. The molecule has 1 aromatic carbocycles. The van der Waals surface area contributed by atoms with Gasteiger partial charge in [-0.1, -0.05) is 6.07 Å². The summed E-state index contributed by atoms with van der Waals surface area (Å²) in [5.74, 6) is -1.26. The molecule has 0 spiro atoms. The zero-order valence-electron chi connectivity index (χ0n) is 14.8. The fourth-order valence-corrected chi connectivity index (χ4v) is 5.09. The molecule has 2 aliphatic rings. The van der Waals surface area contributed by atoms with E-state index < -0.39 is 33.2 Å². The molecule has 1 atom stereocenters. The zero-order chi connectivity index (χ0) is 19.8. The molecule has 1 aliphatic carbocycles. The number of benzene rings is 1. The Morgan fingerprint density at radius 1 is 1.26 bits per heavy atom. The lowest BCUT2D eigenvalue weighted by Crippen LogP contribution is -2.44. The van der Waals surface area contributed by atoms with Crippen LogP contribution in [0.1, 0.15) is 35.2 Å². The summed E-state index contributed by atoms with van der Waals surface area (Å²) in [7, 11) is -3.14. The molecule has 0 radical (unpaired) electrons. The average Bonchev–Trinajstić information content (AvgIpc) is 3.36. The molecule has 3 rings (SSSR count). The second kappa shape index (κ2) is 7.26. The SMILES string of the molecule is Cc1c(C(=O)OCC(=O)N(C2CC2)[C@H]2CCS(=O)(=O)C2)cccc1[N+](=O)[O-]. The molecular weight excluding hydrogens is 376 g/mol. The van der Waals surface area contributed by atoms with Crippen molar-refractivity contribution in [1.29, 1.82) is 0 Å². The largest absolute Gasteiger partial charge is 0.452 e. The first-order valence-electron chi connectivity index (χ1n) is 8.62. The van der Waals surface area contributed by atoms with Gasteiger partial charge >= 0.3 is 5.97 Å². The minimum atomic E-state index is -3.14. The van der Waals surface area contributed by atoms with Gasteiger partial charge in [0, 0.05) is 23.7 Å². The number of hydrogen-bond donors (Lipinski definition) is 0. The first-order valence-corrected chi connectivity index (χ1v) is 10.4. The van der Waals surface area contributed by atoms with Gasteiger partial charge in [0.15, 0.2) is 16.4 Å². The maximum Gasteiger partial charge on any atom is 0.339 e. The highest BCUT2D eigenvalue weighted by atomic mass is 32.2. The summed E-state index contributed by atoms with van der Waals surface area (Å²) in [5, 5.41) is 11.0. The Bertz CT molecular complexity index is 893. The first-order chi connectivity index (χ1) is 12.7. The van der Waals surface area contributed by atoms with Crippen LogP contribution in [0.2, 0.25) is 0 Å². The van der Waals surface area contributed by atoms with E-state index in [0.717, 1.165) is 12.8 Å². The number of rotatable bonds is 6. The van der Waals surface area contributed by atoms with Crippen molar-refractivity contribution >= 4 is 27.4 Å². The van der Waals surface area contributed by atoms with E-state index >= 15 is 0 Å². The third-order valence-corrected chi connectivity index (χ3v) is 6.63. The molecule has 146 valence electrons. The van der Waals surface area contributed by atoms with Gasteiger partial charge in [-0.05, 0) is 32.3 Å². The lowest BCUT2D eigenvalue weighted by Gasteiger charge is -2.28. The van der Waals surface area contributed by atoms with Gasteiger partial charge in [-0.3, -0.25) is 14.9 Å². The number of carbonyl (C=O) groups excluding carboxylic acids is 2. The standard InChI is InChI=1S/C17H20N2O7S/c1-11-14(3-2-4-15(11)19(22)23)17(21)26-9-16(20)18(12-5-6-12)13-7-8-27(24,25)10-13/h2-4,12-13H,5-10H2,1H3/t13-/m0/s1. The van der Waals surface area contributed by atoms with E-state index in [2.05, 4.69) is 0 Å². The first kappa shape index (κ1) is 19.3. The van der Waals surface area contributed by atoms with Crippen LogP contribution in [0, 0.1) is 17.0 Å². The van der Waals surface area contributed by atoms with Gasteiger partial charge in [0.2, 0.25) is 0 Å². The van der Waals surface area contributed by atoms with Crippen molar-refractivity contribution in [3.8, 4) is 0 Å². The van der Waals surface area contributed by atoms with Crippen molar-refractivity contribution in [2.24, 2.45) is 0 Å². The molecule has 1 saturated heterocycles. The predicted molar refractivity (Wildman–Crippen MR) is 95.0 cm³/mol. The van der Waals surface area contributed by atoms with Crippen molar-refractivity contribution in [3.05, 3.63) is 39.4 Å². The Kier molecular flexibility index (Phi) is 5.18. The van der Waals surface area contributed by atoms with E-state index in [0.29, 0.717) is 6.42 Å². The fourth-order valence-electron chi connectivity index (χ4n) is 3.37. The second-order valence-electron chi connectivity index (χ2n) is 6.87. The van der Waals surface area contributed by atoms with Crippen LogP contribution >= 0.6 is 0 Å². The number of esters is 1. The molecule has 0 aromatic heterocycles. The van der Waals surface area contributed by atoms with Gasteiger partial charge in [0.25, 0.3) is 11.6 Å². The van der Waals surface area contributed by atoms with Crippen molar-refractivity contribution in [2.45, 2.75) is 38.3 Å². The quantitative estimate of drug-likeness (QED) is 0.402. The zero-order valence-corrected chi connectivity index (χ0v) is 15.6. The maximum absolute atomic E-state index is 12.6. The van der Waals surface area contributed by atoms with Crippen LogP contribution in [-0.2, 0) is 19.4 Å². The third kappa shape index (κ3) is 4.26. The Labute approximate surface area is 156 Å². The molecule has 1 aliphatic heterocycles. The molecule has 10 heteroatoms. The molecule has 1 aromatic rings. The number of nitro groups is 1. The summed E-state index contributed by atoms with van der Waals surface area (Å²) in [4.78, 5) is 36.8. The molecule has 2 fully saturated rings. The van der Waals surface area contributed by atoms with Crippen LogP contribution < -0.4 is 0 Å². The van der Waals surface area contributed by atoms with Gasteiger partial charge in [-0.25, -0.2) is 13.2 Å². The molecular formula is C17H20N2O7S. The minimum Gasteiger partial charge on any atom is -0.452 e. The van der Waals surface area contributed by atoms with Gasteiger partial charge in [-0.15, -0.1) is 0 Å². The number of amides is 1. The molecule has 1 amide bonds. The van der Waals surface area contributed by atoms with E-state index in [-0.39, 0.29) is 40.4 Å².